The number of carbonyl (C=O) groups excluding carboxylic acids is 1. The number of piperazine rings is 1. The largest absolute Gasteiger partial charge is 0.360 e. The van der Waals surface area contributed by atoms with Gasteiger partial charge in [-0.05, 0) is 43.5 Å². The summed E-state index contributed by atoms with van der Waals surface area (Å²) in [7, 11) is 0. The first-order chi connectivity index (χ1) is 14.8. The number of nitrogens with zero attached hydrogens (tertiary/aromatic N) is 6. The highest BCUT2D eigenvalue weighted by Gasteiger charge is 2.29. The van der Waals surface area contributed by atoms with E-state index >= 15 is 0 Å². The van der Waals surface area contributed by atoms with Crippen molar-refractivity contribution in [3.63, 3.8) is 0 Å². The van der Waals surface area contributed by atoms with Gasteiger partial charge in [-0.3, -0.25) is 9.78 Å². The minimum absolute atomic E-state index is 0.0244. The molecule has 154 valence electrons. The third-order valence-corrected chi connectivity index (χ3v) is 5.63. The van der Waals surface area contributed by atoms with Gasteiger partial charge >= 0.3 is 0 Å². The predicted molar refractivity (Wildman–Crippen MR) is 111 cm³/mol. The lowest BCUT2D eigenvalue weighted by molar-refractivity contribution is 0.0735. The van der Waals surface area contributed by atoms with Crippen molar-refractivity contribution in [2.24, 2.45) is 0 Å². The van der Waals surface area contributed by atoms with Crippen molar-refractivity contribution in [1.82, 2.24) is 25.2 Å². The maximum atomic E-state index is 12.9. The molecule has 1 saturated heterocycles. The summed E-state index contributed by atoms with van der Waals surface area (Å²) in [5.74, 6) is 2.33. The molecule has 0 spiro atoms. The summed E-state index contributed by atoms with van der Waals surface area (Å²) in [6.07, 6.45) is 7.42. The van der Waals surface area contributed by atoms with Gasteiger partial charge in [-0.25, -0.2) is 0 Å². The Hall–Kier alpha value is -3.49. The zero-order valence-electron chi connectivity index (χ0n) is 16.6. The average Bonchev–Trinajstić information content (AvgIpc) is 3.24. The zero-order valence-corrected chi connectivity index (χ0v) is 16.6. The van der Waals surface area contributed by atoms with Crippen molar-refractivity contribution in [2.75, 3.05) is 36.4 Å². The van der Waals surface area contributed by atoms with Crippen LogP contribution in [0.25, 0.3) is 0 Å². The molecule has 0 unspecified atom stereocenters. The van der Waals surface area contributed by atoms with Crippen LogP contribution in [-0.4, -0.2) is 57.3 Å². The summed E-state index contributed by atoms with van der Waals surface area (Å²) in [4.78, 5) is 21.0. The fourth-order valence-electron chi connectivity index (χ4n) is 3.99. The standard InChI is InChI=1S/C21H23N7O2/c29-21(20-16-5-1-2-6-17(16)30-26-20)28-12-10-27(11-13-28)19-8-7-18(24-25-19)23-15-4-3-9-22-14-15/h3-4,7-9,14H,1-2,5-6,10-13H2,(H,23,24). The molecule has 1 aliphatic carbocycles. The summed E-state index contributed by atoms with van der Waals surface area (Å²) >= 11 is 0. The first-order valence-electron chi connectivity index (χ1n) is 10.3. The third kappa shape index (κ3) is 3.70. The van der Waals surface area contributed by atoms with E-state index in [1.54, 1.807) is 12.4 Å². The van der Waals surface area contributed by atoms with Gasteiger partial charge < -0.3 is 19.6 Å². The lowest BCUT2D eigenvalue weighted by atomic mass is 9.96. The second-order valence-electron chi connectivity index (χ2n) is 7.56. The topological polar surface area (TPSA) is 100 Å². The van der Waals surface area contributed by atoms with Gasteiger partial charge in [0.25, 0.3) is 5.91 Å². The van der Waals surface area contributed by atoms with E-state index in [0.717, 1.165) is 48.5 Å². The Bertz CT molecular complexity index is 1010. The molecule has 0 radical (unpaired) electrons. The Morgan fingerprint density at radius 1 is 1.03 bits per heavy atom. The molecule has 3 aromatic rings. The van der Waals surface area contributed by atoms with Crippen LogP contribution in [-0.2, 0) is 12.8 Å². The highest BCUT2D eigenvalue weighted by atomic mass is 16.5. The van der Waals surface area contributed by atoms with Crippen LogP contribution in [0.4, 0.5) is 17.3 Å². The minimum atomic E-state index is -0.0244. The van der Waals surface area contributed by atoms with Gasteiger partial charge in [-0.1, -0.05) is 5.16 Å². The molecule has 9 heteroatoms. The number of anilines is 3. The van der Waals surface area contributed by atoms with Crippen LogP contribution >= 0.6 is 0 Å². The number of aryl methyl sites for hydroxylation is 1. The molecule has 0 bridgehead atoms. The maximum absolute atomic E-state index is 12.9. The molecule has 1 N–H and O–H groups in total. The van der Waals surface area contributed by atoms with Gasteiger partial charge in [-0.15, -0.1) is 10.2 Å². The van der Waals surface area contributed by atoms with Crippen molar-refractivity contribution in [3.05, 3.63) is 53.7 Å². The fourth-order valence-corrected chi connectivity index (χ4v) is 3.99. The quantitative estimate of drug-likeness (QED) is 0.706. The fraction of sp³-hybridized carbons (Fsp3) is 0.381. The smallest absolute Gasteiger partial charge is 0.276 e. The van der Waals surface area contributed by atoms with Gasteiger partial charge in [0.05, 0.1) is 11.9 Å². The Kier molecular flexibility index (Phi) is 5.00. The second kappa shape index (κ2) is 8.10. The van der Waals surface area contributed by atoms with E-state index in [-0.39, 0.29) is 5.91 Å². The molecule has 1 amide bonds. The lowest BCUT2D eigenvalue weighted by Gasteiger charge is -2.35. The number of hydrogen-bond acceptors (Lipinski definition) is 8. The Morgan fingerprint density at radius 3 is 2.67 bits per heavy atom. The van der Waals surface area contributed by atoms with E-state index in [9.17, 15) is 4.79 Å². The molecule has 0 saturated carbocycles. The van der Waals surface area contributed by atoms with E-state index in [4.69, 9.17) is 4.52 Å². The number of rotatable bonds is 4. The van der Waals surface area contributed by atoms with Crippen molar-refractivity contribution in [3.8, 4) is 0 Å². The third-order valence-electron chi connectivity index (χ3n) is 5.63. The minimum Gasteiger partial charge on any atom is -0.360 e. The van der Waals surface area contributed by atoms with E-state index in [0.29, 0.717) is 37.7 Å². The number of pyridine rings is 1. The van der Waals surface area contributed by atoms with Crippen molar-refractivity contribution < 1.29 is 9.32 Å². The van der Waals surface area contributed by atoms with Crippen LogP contribution in [0.2, 0.25) is 0 Å². The van der Waals surface area contributed by atoms with Gasteiger partial charge in [0.15, 0.2) is 17.3 Å². The van der Waals surface area contributed by atoms with Gasteiger partial charge in [-0.2, -0.15) is 0 Å². The molecule has 3 aromatic heterocycles. The Morgan fingerprint density at radius 2 is 1.90 bits per heavy atom. The molecule has 4 heterocycles. The van der Waals surface area contributed by atoms with E-state index in [1.807, 2.05) is 29.2 Å². The van der Waals surface area contributed by atoms with E-state index in [1.165, 1.54) is 0 Å². The molecule has 1 fully saturated rings. The maximum Gasteiger partial charge on any atom is 0.276 e. The van der Waals surface area contributed by atoms with Crippen LogP contribution in [0.5, 0.6) is 0 Å². The van der Waals surface area contributed by atoms with Crippen LogP contribution in [0.1, 0.15) is 34.7 Å². The van der Waals surface area contributed by atoms with Gasteiger partial charge in [0.2, 0.25) is 0 Å². The molecule has 5 rings (SSSR count). The van der Waals surface area contributed by atoms with Gasteiger partial charge in [0, 0.05) is 44.4 Å². The molecule has 0 atom stereocenters. The molecule has 30 heavy (non-hydrogen) atoms. The second-order valence-corrected chi connectivity index (χ2v) is 7.56. The highest BCUT2D eigenvalue weighted by molar-refractivity contribution is 5.94. The van der Waals surface area contributed by atoms with Gasteiger partial charge in [0.1, 0.15) is 5.76 Å². The first kappa shape index (κ1) is 18.5. The lowest BCUT2D eigenvalue weighted by Crippen LogP contribution is -2.49. The number of aromatic nitrogens is 4. The number of carbonyl (C=O) groups is 1. The van der Waals surface area contributed by atoms with E-state index in [2.05, 4.69) is 30.6 Å². The van der Waals surface area contributed by atoms with Crippen LogP contribution in [0.15, 0.2) is 41.2 Å². The zero-order chi connectivity index (χ0) is 20.3. The number of amides is 1. The normalized spacial score (nSPS) is 16.3. The Labute approximate surface area is 174 Å². The average molecular weight is 405 g/mol. The number of fused-ring (bicyclic) bond motifs is 1. The SMILES string of the molecule is O=C(c1noc2c1CCCC2)N1CCN(c2ccc(Nc3cccnc3)nn2)CC1. The molecular weight excluding hydrogens is 382 g/mol. The van der Waals surface area contributed by atoms with Crippen molar-refractivity contribution in [1.29, 1.82) is 0 Å². The highest BCUT2D eigenvalue weighted by Crippen LogP contribution is 2.25. The molecular formula is C21H23N7O2. The number of hydrogen-bond donors (Lipinski definition) is 1. The predicted octanol–water partition coefficient (Wildman–Crippen LogP) is 2.44. The first-order valence-corrected chi connectivity index (χ1v) is 10.3. The summed E-state index contributed by atoms with van der Waals surface area (Å²) < 4.78 is 5.41. The molecule has 2 aliphatic rings. The monoisotopic (exact) mass is 405 g/mol. The van der Waals surface area contributed by atoms with Crippen molar-refractivity contribution in [2.45, 2.75) is 25.7 Å². The van der Waals surface area contributed by atoms with Crippen LogP contribution in [0, 0.1) is 0 Å². The van der Waals surface area contributed by atoms with Crippen LogP contribution in [0.3, 0.4) is 0 Å². The Balaban J connectivity index is 1.20. The summed E-state index contributed by atoms with van der Waals surface area (Å²) in [5.41, 5.74) is 2.38. The summed E-state index contributed by atoms with van der Waals surface area (Å²) in [5, 5.41) is 15.9. The van der Waals surface area contributed by atoms with Crippen molar-refractivity contribution >= 4 is 23.2 Å². The van der Waals surface area contributed by atoms with Crippen LogP contribution < -0.4 is 10.2 Å². The molecule has 9 nitrogen and oxygen atoms in total. The molecule has 1 aliphatic heterocycles. The number of nitrogens with one attached hydrogen (secondary N) is 1. The summed E-state index contributed by atoms with van der Waals surface area (Å²) in [6.45, 7) is 2.65. The van der Waals surface area contributed by atoms with E-state index < -0.39 is 0 Å². The summed E-state index contributed by atoms with van der Waals surface area (Å²) in [6, 6.07) is 7.62. The molecule has 0 aromatic carbocycles.